The summed E-state index contributed by atoms with van der Waals surface area (Å²) >= 11 is 17.3. The normalized spacial score (nSPS) is 11.4. The van der Waals surface area contributed by atoms with Gasteiger partial charge in [-0.2, -0.15) is 26.3 Å². The lowest BCUT2D eigenvalue weighted by Crippen LogP contribution is -2.14. The molecule has 4 aromatic heterocycles. The predicted octanol–water partition coefficient (Wildman–Crippen LogP) is 8.80. The summed E-state index contributed by atoms with van der Waals surface area (Å²) in [5, 5.41) is 4.97. The minimum absolute atomic E-state index is 0.0185. The van der Waals surface area contributed by atoms with Crippen molar-refractivity contribution in [3.8, 4) is 0 Å². The number of benzene rings is 2. The van der Waals surface area contributed by atoms with Gasteiger partial charge in [-0.3, -0.25) is 9.97 Å². The Labute approximate surface area is 278 Å². The average molecular weight is 714 g/mol. The van der Waals surface area contributed by atoms with E-state index in [-0.39, 0.29) is 34.8 Å². The van der Waals surface area contributed by atoms with Crippen LogP contribution in [0.5, 0.6) is 0 Å². The molecule has 0 bridgehead atoms. The van der Waals surface area contributed by atoms with Crippen LogP contribution in [-0.4, -0.2) is 29.9 Å². The van der Waals surface area contributed by atoms with Crippen LogP contribution >= 0.6 is 34.8 Å². The molecule has 244 valence electrons. The number of nitrogens with zero attached hydrogens (tertiary/aromatic N) is 6. The first-order valence-electron chi connectivity index (χ1n) is 13.2. The third-order valence-corrected chi connectivity index (χ3v) is 6.72. The molecule has 0 amide bonds. The van der Waals surface area contributed by atoms with Gasteiger partial charge in [0.05, 0.1) is 11.0 Å². The number of rotatable bonds is 4. The molecule has 0 aliphatic heterocycles. The van der Waals surface area contributed by atoms with Gasteiger partial charge in [0.25, 0.3) is 0 Å². The van der Waals surface area contributed by atoms with Gasteiger partial charge in [-0.05, 0) is 65.2 Å². The summed E-state index contributed by atoms with van der Waals surface area (Å²) in [6.45, 7) is -0.233. The third-order valence-electron chi connectivity index (χ3n) is 6.09. The van der Waals surface area contributed by atoms with Gasteiger partial charge in [0.15, 0.2) is 0 Å². The number of anilines is 1. The van der Waals surface area contributed by atoms with E-state index >= 15 is 0 Å². The van der Waals surface area contributed by atoms with Gasteiger partial charge in [-0.15, -0.1) is 0 Å². The Hall–Kier alpha value is -4.37. The Balaban J connectivity index is 0.000000176. The number of nitrogens with two attached hydrogens (primary N) is 1. The maximum Gasteiger partial charge on any atom is 0.433 e. The molecule has 0 aliphatic rings. The molecule has 0 aliphatic carbocycles. The molecule has 3 N–H and O–H groups in total. The van der Waals surface area contributed by atoms with Crippen molar-refractivity contribution < 1.29 is 26.3 Å². The molecule has 0 saturated carbocycles. The molecule has 0 radical (unpaired) electrons. The fourth-order valence-corrected chi connectivity index (χ4v) is 4.70. The zero-order chi connectivity index (χ0) is 34.2. The molecule has 0 saturated heterocycles. The lowest BCUT2D eigenvalue weighted by Gasteiger charge is -2.13. The van der Waals surface area contributed by atoms with Crippen molar-refractivity contribution in [2.75, 3.05) is 5.32 Å². The number of hydrogen-bond acceptors (Lipinski definition) is 8. The van der Waals surface area contributed by atoms with E-state index in [1.165, 1.54) is 24.3 Å². The predicted molar refractivity (Wildman–Crippen MR) is 168 cm³/mol. The Bertz CT molecular complexity index is 1980. The summed E-state index contributed by atoms with van der Waals surface area (Å²) in [6.07, 6.45) is -6.70. The molecule has 8 nitrogen and oxygen atoms in total. The number of pyridine rings is 2. The minimum Gasteiger partial charge on any atom is -0.365 e. The standard InChI is InChI=1S/C15H10ClF3N4.C8H4Cl2N2.C7H7F3N2/c16-14-22-11-6-2-1-5-10(11)13(23-14)21-8-9-4-3-7-20-12(9)15(17,18)19;9-7-5-3-1-2-4-6(5)11-8(10)12-7;8-7(9,10)6-5(4-11)2-1-3-12-6/h1-7H,8H2,(H,21,22,23);1-4H;1-3H,4,11H2. The highest BCUT2D eigenvalue weighted by atomic mass is 35.5. The van der Waals surface area contributed by atoms with E-state index in [4.69, 9.17) is 40.5 Å². The summed E-state index contributed by atoms with van der Waals surface area (Å²) in [6, 6.07) is 20.1. The third kappa shape index (κ3) is 9.58. The van der Waals surface area contributed by atoms with E-state index in [0.717, 1.165) is 23.3 Å². The van der Waals surface area contributed by atoms with Crippen molar-refractivity contribution in [1.82, 2.24) is 29.9 Å². The van der Waals surface area contributed by atoms with Crippen molar-refractivity contribution in [1.29, 1.82) is 0 Å². The van der Waals surface area contributed by atoms with Crippen molar-refractivity contribution in [2.24, 2.45) is 5.73 Å². The maximum absolute atomic E-state index is 13.0. The van der Waals surface area contributed by atoms with E-state index in [1.54, 1.807) is 24.3 Å². The van der Waals surface area contributed by atoms with Gasteiger partial charge < -0.3 is 11.1 Å². The van der Waals surface area contributed by atoms with Crippen LogP contribution in [0.2, 0.25) is 15.7 Å². The fourth-order valence-electron chi connectivity index (χ4n) is 4.07. The Morgan fingerprint density at radius 3 is 1.64 bits per heavy atom. The van der Waals surface area contributed by atoms with Crippen molar-refractivity contribution in [3.63, 3.8) is 0 Å². The van der Waals surface area contributed by atoms with Gasteiger partial charge in [0, 0.05) is 41.8 Å². The number of hydrogen-bond donors (Lipinski definition) is 2. The first-order valence-corrected chi connectivity index (χ1v) is 14.4. The first kappa shape index (κ1) is 35.5. The second-order valence-corrected chi connectivity index (χ2v) is 10.3. The van der Waals surface area contributed by atoms with E-state index in [2.05, 4.69) is 35.2 Å². The quantitative estimate of drug-likeness (QED) is 0.106. The molecule has 0 atom stereocenters. The number of nitrogens with one attached hydrogen (secondary N) is 1. The zero-order valence-corrected chi connectivity index (χ0v) is 25.9. The molecule has 2 aromatic carbocycles. The number of alkyl halides is 6. The lowest BCUT2D eigenvalue weighted by molar-refractivity contribution is -0.142. The zero-order valence-electron chi connectivity index (χ0n) is 23.7. The summed E-state index contributed by atoms with van der Waals surface area (Å²) in [7, 11) is 0. The number of halogens is 9. The Kier molecular flexibility index (Phi) is 11.7. The molecular formula is C30H21Cl3F6N8. The highest BCUT2D eigenvalue weighted by molar-refractivity contribution is 6.35. The van der Waals surface area contributed by atoms with Gasteiger partial charge in [-0.25, -0.2) is 19.9 Å². The summed E-state index contributed by atoms with van der Waals surface area (Å²) in [4.78, 5) is 22.6. The highest BCUT2D eigenvalue weighted by Crippen LogP contribution is 2.31. The number of aromatic nitrogens is 6. The number of fused-ring (bicyclic) bond motifs is 2. The highest BCUT2D eigenvalue weighted by Gasteiger charge is 2.35. The maximum atomic E-state index is 13.0. The van der Waals surface area contributed by atoms with E-state index in [1.807, 2.05) is 24.3 Å². The van der Waals surface area contributed by atoms with Crippen LogP contribution in [0.3, 0.4) is 0 Å². The molecule has 47 heavy (non-hydrogen) atoms. The van der Waals surface area contributed by atoms with Crippen molar-refractivity contribution in [3.05, 3.63) is 123 Å². The van der Waals surface area contributed by atoms with Crippen LogP contribution in [0.4, 0.5) is 32.2 Å². The largest absolute Gasteiger partial charge is 0.433 e. The number of para-hydroxylation sites is 2. The van der Waals surface area contributed by atoms with E-state index in [9.17, 15) is 26.3 Å². The molecule has 17 heteroatoms. The van der Waals surface area contributed by atoms with Gasteiger partial charge in [0.1, 0.15) is 22.4 Å². The molecule has 6 rings (SSSR count). The molecule has 0 fully saturated rings. The Morgan fingerprint density at radius 2 is 1.09 bits per heavy atom. The van der Waals surface area contributed by atoms with Gasteiger partial charge >= 0.3 is 12.4 Å². The average Bonchev–Trinajstić information content (AvgIpc) is 3.03. The first-order chi connectivity index (χ1) is 22.3. The second-order valence-electron chi connectivity index (χ2n) is 9.23. The second kappa shape index (κ2) is 15.5. The van der Waals surface area contributed by atoms with Crippen LogP contribution < -0.4 is 11.1 Å². The molecule has 0 unspecified atom stereocenters. The van der Waals surface area contributed by atoms with Crippen molar-refractivity contribution in [2.45, 2.75) is 25.4 Å². The van der Waals surface area contributed by atoms with Crippen LogP contribution in [0.25, 0.3) is 21.8 Å². The lowest BCUT2D eigenvalue weighted by atomic mass is 10.1. The summed E-state index contributed by atoms with van der Waals surface area (Å²) in [5.41, 5.74) is 4.71. The molecular weight excluding hydrogens is 693 g/mol. The van der Waals surface area contributed by atoms with Crippen molar-refractivity contribution >= 4 is 62.4 Å². The summed E-state index contributed by atoms with van der Waals surface area (Å²) in [5.74, 6) is 0.373. The van der Waals surface area contributed by atoms with Gasteiger partial charge in [0.2, 0.25) is 10.6 Å². The molecule has 6 aromatic rings. The van der Waals surface area contributed by atoms with E-state index in [0.29, 0.717) is 21.9 Å². The Morgan fingerprint density at radius 1 is 0.596 bits per heavy atom. The van der Waals surface area contributed by atoms with E-state index < -0.39 is 23.7 Å². The van der Waals surface area contributed by atoms with Crippen LogP contribution in [0, 0.1) is 0 Å². The fraction of sp³-hybridized carbons (Fsp3) is 0.133. The topological polar surface area (TPSA) is 115 Å². The minimum atomic E-state index is -4.51. The smallest absolute Gasteiger partial charge is 0.365 e. The molecule has 0 spiro atoms. The van der Waals surface area contributed by atoms with Crippen LogP contribution in [0.1, 0.15) is 22.5 Å². The van der Waals surface area contributed by atoms with Crippen LogP contribution in [0.15, 0.2) is 85.2 Å². The van der Waals surface area contributed by atoms with Crippen LogP contribution in [-0.2, 0) is 25.4 Å². The molecule has 4 heterocycles. The van der Waals surface area contributed by atoms with Gasteiger partial charge in [-0.1, -0.05) is 48.0 Å². The monoisotopic (exact) mass is 712 g/mol. The SMILES string of the molecule is Clc1nc(Cl)c2ccccc2n1.FC(F)(F)c1ncccc1CNc1nc(Cl)nc2ccccc12.NCc1cccnc1C(F)(F)F. The summed E-state index contributed by atoms with van der Waals surface area (Å²) < 4.78 is 75.2.